The number of hydrogen-bond donors (Lipinski definition) is 2. The molecule has 2 heterocycles. The number of carbonyl (C=O) groups is 1. The van der Waals surface area contributed by atoms with E-state index >= 15 is 0 Å². The van der Waals surface area contributed by atoms with Gasteiger partial charge in [-0.15, -0.1) is 0 Å². The fraction of sp³-hybridized carbons (Fsp3) is 0.522. The van der Waals surface area contributed by atoms with Crippen LogP contribution in [0.1, 0.15) is 44.9 Å². The Hall–Kier alpha value is -2.71. The van der Waals surface area contributed by atoms with E-state index in [4.69, 9.17) is 9.72 Å². The number of piperazine rings is 1. The summed E-state index contributed by atoms with van der Waals surface area (Å²) in [6, 6.07) is 6.06. The average molecular weight is 428 g/mol. The number of H-pyrrole nitrogens is 1. The van der Waals surface area contributed by atoms with Crippen molar-refractivity contribution in [1.29, 1.82) is 0 Å². The minimum absolute atomic E-state index is 0.0352. The van der Waals surface area contributed by atoms with E-state index in [0.717, 1.165) is 43.9 Å². The van der Waals surface area contributed by atoms with Crippen LogP contribution >= 0.6 is 0 Å². The lowest BCUT2D eigenvalue weighted by Crippen LogP contribution is -2.43. The Bertz CT molecular complexity index is 978. The number of hydrogen-bond acceptors (Lipinski definition) is 6. The zero-order chi connectivity index (χ0) is 22.5. The van der Waals surface area contributed by atoms with Gasteiger partial charge in [-0.2, -0.15) is 0 Å². The topological polar surface area (TPSA) is 90.6 Å². The average Bonchev–Trinajstić information content (AvgIpc) is 2.72. The SMILES string of the molecule is CCOc1ccc(CN2CCN(C)CC2)cc1-c1nc(C(C)C)c(NC(C)=O)c(=O)[nH]1. The van der Waals surface area contributed by atoms with Crippen LogP contribution in [-0.2, 0) is 11.3 Å². The van der Waals surface area contributed by atoms with Gasteiger partial charge in [-0.3, -0.25) is 14.5 Å². The van der Waals surface area contributed by atoms with Crippen molar-refractivity contribution in [3.05, 3.63) is 39.8 Å². The number of nitrogens with zero attached hydrogens (tertiary/aromatic N) is 3. The molecule has 0 saturated carbocycles. The summed E-state index contributed by atoms with van der Waals surface area (Å²) in [4.78, 5) is 36.7. The third-order valence-corrected chi connectivity index (χ3v) is 5.40. The number of carbonyl (C=O) groups excluding carboxylic acids is 1. The summed E-state index contributed by atoms with van der Waals surface area (Å²) in [5, 5.41) is 2.62. The lowest BCUT2D eigenvalue weighted by molar-refractivity contribution is -0.114. The van der Waals surface area contributed by atoms with Gasteiger partial charge in [0.1, 0.15) is 17.3 Å². The highest BCUT2D eigenvalue weighted by molar-refractivity contribution is 5.89. The molecule has 0 radical (unpaired) electrons. The zero-order valence-corrected chi connectivity index (χ0v) is 19.1. The van der Waals surface area contributed by atoms with Crippen molar-refractivity contribution >= 4 is 11.6 Å². The van der Waals surface area contributed by atoms with E-state index in [0.29, 0.717) is 23.9 Å². The molecule has 1 amide bonds. The Morgan fingerprint density at radius 1 is 1.26 bits per heavy atom. The Balaban J connectivity index is 2.01. The minimum atomic E-state index is -0.365. The largest absolute Gasteiger partial charge is 0.493 e. The molecular weight excluding hydrogens is 394 g/mol. The molecule has 0 bridgehead atoms. The quantitative estimate of drug-likeness (QED) is 0.706. The van der Waals surface area contributed by atoms with E-state index in [-0.39, 0.29) is 23.1 Å². The first-order chi connectivity index (χ1) is 14.8. The van der Waals surface area contributed by atoms with E-state index in [1.807, 2.05) is 32.9 Å². The van der Waals surface area contributed by atoms with Crippen LogP contribution in [0.15, 0.2) is 23.0 Å². The van der Waals surface area contributed by atoms with Crippen molar-refractivity contribution in [2.45, 2.75) is 40.2 Å². The van der Waals surface area contributed by atoms with E-state index in [1.165, 1.54) is 6.92 Å². The first-order valence-corrected chi connectivity index (χ1v) is 10.9. The third kappa shape index (κ3) is 5.71. The van der Waals surface area contributed by atoms with Gasteiger partial charge in [0.15, 0.2) is 0 Å². The predicted molar refractivity (Wildman–Crippen MR) is 123 cm³/mol. The molecule has 1 aliphatic heterocycles. The Kier molecular flexibility index (Phi) is 7.46. The predicted octanol–water partition coefficient (Wildman–Crippen LogP) is 2.66. The monoisotopic (exact) mass is 427 g/mol. The van der Waals surface area contributed by atoms with Gasteiger partial charge in [0.2, 0.25) is 5.91 Å². The van der Waals surface area contributed by atoms with Crippen LogP contribution in [0.5, 0.6) is 5.75 Å². The number of ether oxygens (including phenoxy) is 1. The normalized spacial score (nSPS) is 15.3. The van der Waals surface area contributed by atoms with Crippen LogP contribution in [0.3, 0.4) is 0 Å². The number of benzene rings is 1. The van der Waals surface area contributed by atoms with Crippen LogP contribution in [0, 0.1) is 0 Å². The summed E-state index contributed by atoms with van der Waals surface area (Å²) < 4.78 is 5.83. The molecule has 3 rings (SSSR count). The van der Waals surface area contributed by atoms with Crippen LogP contribution in [0.25, 0.3) is 11.4 Å². The highest BCUT2D eigenvalue weighted by Gasteiger charge is 2.20. The summed E-state index contributed by atoms with van der Waals surface area (Å²) in [6.07, 6.45) is 0. The van der Waals surface area contributed by atoms with Gasteiger partial charge in [0.25, 0.3) is 5.56 Å². The first kappa shape index (κ1) is 23.0. The highest BCUT2D eigenvalue weighted by Crippen LogP contribution is 2.31. The van der Waals surface area contributed by atoms with E-state index < -0.39 is 0 Å². The summed E-state index contributed by atoms with van der Waals surface area (Å²) in [5.41, 5.74) is 2.29. The summed E-state index contributed by atoms with van der Waals surface area (Å²) >= 11 is 0. The van der Waals surface area contributed by atoms with Crippen LogP contribution in [-0.4, -0.2) is 65.5 Å². The lowest BCUT2D eigenvalue weighted by Gasteiger charge is -2.32. The zero-order valence-electron chi connectivity index (χ0n) is 19.1. The van der Waals surface area contributed by atoms with Crippen LogP contribution in [0.4, 0.5) is 5.69 Å². The molecule has 0 aliphatic carbocycles. The number of rotatable bonds is 7. The second-order valence-electron chi connectivity index (χ2n) is 8.35. The van der Waals surface area contributed by atoms with Gasteiger partial charge in [0.05, 0.1) is 17.9 Å². The van der Waals surface area contributed by atoms with Gasteiger partial charge >= 0.3 is 0 Å². The molecule has 0 unspecified atom stereocenters. The molecule has 8 heteroatoms. The molecular formula is C23H33N5O3. The van der Waals surface area contributed by atoms with E-state index in [2.05, 4.69) is 33.2 Å². The molecule has 1 aromatic heterocycles. The Morgan fingerprint density at radius 3 is 2.58 bits per heavy atom. The molecule has 1 fully saturated rings. The van der Waals surface area contributed by atoms with Gasteiger partial charge in [0, 0.05) is 39.6 Å². The molecule has 1 saturated heterocycles. The number of likely N-dealkylation sites (N-methyl/N-ethyl adjacent to an activating group) is 1. The highest BCUT2D eigenvalue weighted by atomic mass is 16.5. The number of nitrogens with one attached hydrogen (secondary N) is 2. The smallest absolute Gasteiger partial charge is 0.275 e. The molecule has 1 aliphatic rings. The van der Waals surface area contributed by atoms with Crippen molar-refractivity contribution in [2.75, 3.05) is 45.2 Å². The molecule has 0 spiro atoms. The number of aromatic nitrogens is 2. The second kappa shape index (κ2) is 10.1. The van der Waals surface area contributed by atoms with Gasteiger partial charge in [-0.05, 0) is 37.6 Å². The maximum absolute atomic E-state index is 12.8. The molecule has 31 heavy (non-hydrogen) atoms. The summed E-state index contributed by atoms with van der Waals surface area (Å²) in [5.74, 6) is 0.791. The third-order valence-electron chi connectivity index (χ3n) is 5.40. The van der Waals surface area contributed by atoms with Crippen LogP contribution < -0.4 is 15.6 Å². The van der Waals surface area contributed by atoms with Crippen LogP contribution in [0.2, 0.25) is 0 Å². The molecule has 2 aromatic rings. The number of anilines is 1. The Morgan fingerprint density at radius 2 is 1.97 bits per heavy atom. The fourth-order valence-electron chi connectivity index (χ4n) is 3.74. The number of aromatic amines is 1. The van der Waals surface area contributed by atoms with Crippen molar-refractivity contribution in [3.8, 4) is 17.1 Å². The van der Waals surface area contributed by atoms with Crippen molar-refractivity contribution in [1.82, 2.24) is 19.8 Å². The molecule has 0 atom stereocenters. The maximum Gasteiger partial charge on any atom is 0.275 e. The van der Waals surface area contributed by atoms with Crippen molar-refractivity contribution < 1.29 is 9.53 Å². The van der Waals surface area contributed by atoms with E-state index in [1.54, 1.807) is 0 Å². The van der Waals surface area contributed by atoms with Crippen molar-refractivity contribution in [3.63, 3.8) is 0 Å². The van der Waals surface area contributed by atoms with Gasteiger partial charge < -0.3 is 19.9 Å². The van der Waals surface area contributed by atoms with Crippen molar-refractivity contribution in [2.24, 2.45) is 0 Å². The molecule has 1 aromatic carbocycles. The maximum atomic E-state index is 12.8. The standard InChI is InChI=1S/C23H33N5O3/c1-6-31-19-8-7-17(14-28-11-9-27(5)10-12-28)13-18(19)22-25-20(15(2)3)21(23(30)26-22)24-16(4)29/h7-8,13,15H,6,9-12,14H2,1-5H3,(H,24,29)(H,25,26,30). The number of amides is 1. The molecule has 168 valence electrons. The molecule has 8 nitrogen and oxygen atoms in total. The Labute approximate surface area is 183 Å². The molecule has 2 N–H and O–H groups in total. The second-order valence-corrected chi connectivity index (χ2v) is 8.35. The first-order valence-electron chi connectivity index (χ1n) is 10.9. The fourth-order valence-corrected chi connectivity index (χ4v) is 3.74. The van der Waals surface area contributed by atoms with Gasteiger partial charge in [-0.1, -0.05) is 19.9 Å². The minimum Gasteiger partial charge on any atom is -0.493 e. The van der Waals surface area contributed by atoms with E-state index in [9.17, 15) is 9.59 Å². The van der Waals surface area contributed by atoms with Gasteiger partial charge in [-0.25, -0.2) is 4.98 Å². The summed E-state index contributed by atoms with van der Waals surface area (Å²) in [7, 11) is 2.14. The lowest BCUT2D eigenvalue weighted by atomic mass is 10.1. The summed E-state index contributed by atoms with van der Waals surface area (Å²) in [6.45, 7) is 12.7.